The van der Waals surface area contributed by atoms with Crippen LogP contribution in [-0.2, 0) is 14.3 Å². The van der Waals surface area contributed by atoms with E-state index in [9.17, 15) is 25.2 Å². The van der Waals surface area contributed by atoms with Crippen LogP contribution in [0.15, 0.2) is 30.3 Å². The standard InChI is InChI=1S/C15H18O8/c16-7-10-12(19)13(20)14(21)15(22-10)23-11(18)6-5-8-3-1-2-4-9(8)17/h1-6,10,12-17,19-21H,7H2/b6-5+. The van der Waals surface area contributed by atoms with Gasteiger partial charge in [-0.3, -0.25) is 0 Å². The van der Waals surface area contributed by atoms with Crippen molar-refractivity contribution in [3.63, 3.8) is 0 Å². The molecule has 0 radical (unpaired) electrons. The summed E-state index contributed by atoms with van der Waals surface area (Å²) in [6, 6.07) is 6.32. The minimum atomic E-state index is -1.66. The average molecular weight is 326 g/mol. The number of aliphatic hydroxyl groups is 4. The van der Waals surface area contributed by atoms with E-state index >= 15 is 0 Å². The lowest BCUT2D eigenvalue weighted by molar-refractivity contribution is -0.291. The molecule has 1 heterocycles. The summed E-state index contributed by atoms with van der Waals surface area (Å²) in [5, 5.41) is 47.5. The van der Waals surface area contributed by atoms with Crippen molar-refractivity contribution in [3.8, 4) is 5.75 Å². The molecule has 126 valence electrons. The van der Waals surface area contributed by atoms with Crippen molar-refractivity contribution in [2.45, 2.75) is 30.7 Å². The van der Waals surface area contributed by atoms with Crippen molar-refractivity contribution in [1.82, 2.24) is 0 Å². The topological polar surface area (TPSA) is 137 Å². The zero-order chi connectivity index (χ0) is 17.0. The predicted octanol–water partition coefficient (Wildman–Crippen LogP) is -1.25. The molecule has 0 aromatic heterocycles. The molecule has 0 amide bonds. The molecule has 1 aromatic rings. The Morgan fingerprint density at radius 3 is 2.52 bits per heavy atom. The van der Waals surface area contributed by atoms with Gasteiger partial charge in [0.2, 0.25) is 6.29 Å². The molecular formula is C15H18O8. The molecule has 1 saturated heterocycles. The molecule has 1 aromatic carbocycles. The number of hydrogen-bond donors (Lipinski definition) is 5. The first-order valence-corrected chi connectivity index (χ1v) is 6.91. The Morgan fingerprint density at radius 2 is 1.87 bits per heavy atom. The van der Waals surface area contributed by atoms with Gasteiger partial charge in [-0.1, -0.05) is 18.2 Å². The number of para-hydroxylation sites is 1. The zero-order valence-corrected chi connectivity index (χ0v) is 12.0. The van der Waals surface area contributed by atoms with E-state index in [1.807, 2.05) is 0 Å². The molecule has 8 heteroatoms. The fourth-order valence-corrected chi connectivity index (χ4v) is 2.10. The molecule has 1 fully saturated rings. The Labute approximate surface area is 131 Å². The van der Waals surface area contributed by atoms with Gasteiger partial charge in [0.25, 0.3) is 0 Å². The second kappa shape index (κ2) is 7.53. The third kappa shape index (κ3) is 4.06. The van der Waals surface area contributed by atoms with Crippen LogP contribution in [0.1, 0.15) is 5.56 Å². The lowest BCUT2D eigenvalue weighted by atomic mass is 9.99. The van der Waals surface area contributed by atoms with E-state index in [4.69, 9.17) is 14.6 Å². The van der Waals surface area contributed by atoms with Crippen molar-refractivity contribution in [2.75, 3.05) is 6.61 Å². The number of carbonyl (C=O) groups excluding carboxylic acids is 1. The highest BCUT2D eigenvalue weighted by Gasteiger charge is 2.45. The van der Waals surface area contributed by atoms with Crippen LogP contribution in [0.5, 0.6) is 5.75 Å². The van der Waals surface area contributed by atoms with Crippen LogP contribution in [0.25, 0.3) is 6.08 Å². The molecule has 0 aliphatic carbocycles. The number of phenols is 1. The van der Waals surface area contributed by atoms with E-state index in [-0.39, 0.29) is 5.75 Å². The van der Waals surface area contributed by atoms with Gasteiger partial charge in [-0.2, -0.15) is 0 Å². The number of phenolic OH excluding ortho intramolecular Hbond substituents is 1. The summed E-state index contributed by atoms with van der Waals surface area (Å²) in [5.41, 5.74) is 0.387. The Morgan fingerprint density at radius 1 is 1.17 bits per heavy atom. The molecule has 1 aliphatic rings. The fraction of sp³-hybridized carbons (Fsp3) is 0.400. The van der Waals surface area contributed by atoms with Crippen molar-refractivity contribution in [2.24, 2.45) is 0 Å². The molecular weight excluding hydrogens is 308 g/mol. The summed E-state index contributed by atoms with van der Waals surface area (Å²) in [6.07, 6.45) is -5.18. The van der Waals surface area contributed by atoms with Crippen LogP contribution >= 0.6 is 0 Å². The molecule has 1 aliphatic heterocycles. The van der Waals surface area contributed by atoms with E-state index in [1.54, 1.807) is 18.2 Å². The first-order valence-electron chi connectivity index (χ1n) is 6.91. The normalized spacial score (nSPS) is 31.2. The van der Waals surface area contributed by atoms with Crippen LogP contribution in [0.2, 0.25) is 0 Å². The van der Waals surface area contributed by atoms with Crippen molar-refractivity contribution < 1.29 is 39.8 Å². The molecule has 5 unspecified atom stereocenters. The third-order valence-corrected chi connectivity index (χ3v) is 3.42. The van der Waals surface area contributed by atoms with Gasteiger partial charge in [0.1, 0.15) is 30.2 Å². The van der Waals surface area contributed by atoms with Gasteiger partial charge in [-0.15, -0.1) is 0 Å². The number of aromatic hydroxyl groups is 1. The lowest BCUT2D eigenvalue weighted by Gasteiger charge is -2.38. The van der Waals surface area contributed by atoms with Gasteiger partial charge >= 0.3 is 5.97 Å². The maximum Gasteiger partial charge on any atom is 0.333 e. The first kappa shape index (κ1) is 17.4. The number of hydrogen-bond acceptors (Lipinski definition) is 8. The fourth-order valence-electron chi connectivity index (χ4n) is 2.10. The lowest BCUT2D eigenvalue weighted by Crippen LogP contribution is -2.59. The summed E-state index contributed by atoms with van der Waals surface area (Å²) in [6.45, 7) is -0.618. The second-order valence-electron chi connectivity index (χ2n) is 5.03. The second-order valence-corrected chi connectivity index (χ2v) is 5.03. The highest BCUT2D eigenvalue weighted by molar-refractivity contribution is 5.87. The number of esters is 1. The number of rotatable bonds is 4. The summed E-state index contributed by atoms with van der Waals surface area (Å²) in [7, 11) is 0. The van der Waals surface area contributed by atoms with Crippen molar-refractivity contribution in [1.29, 1.82) is 0 Å². The number of carbonyl (C=O) groups is 1. The van der Waals surface area contributed by atoms with E-state index in [1.165, 1.54) is 12.1 Å². The van der Waals surface area contributed by atoms with Gasteiger partial charge in [-0.25, -0.2) is 4.79 Å². The Kier molecular flexibility index (Phi) is 5.69. The van der Waals surface area contributed by atoms with Crippen LogP contribution in [0.4, 0.5) is 0 Å². The molecule has 5 atom stereocenters. The Balaban J connectivity index is 2.00. The molecule has 0 bridgehead atoms. The Hall–Kier alpha value is -1.97. The van der Waals surface area contributed by atoms with E-state index in [2.05, 4.69) is 0 Å². The summed E-state index contributed by atoms with van der Waals surface area (Å²) in [5.74, 6) is -0.915. The monoisotopic (exact) mass is 326 g/mol. The van der Waals surface area contributed by atoms with E-state index in [0.717, 1.165) is 6.08 Å². The van der Waals surface area contributed by atoms with E-state index < -0.39 is 43.3 Å². The minimum Gasteiger partial charge on any atom is -0.507 e. The first-order chi connectivity index (χ1) is 10.9. The summed E-state index contributed by atoms with van der Waals surface area (Å²) >= 11 is 0. The van der Waals surface area contributed by atoms with Crippen LogP contribution in [0.3, 0.4) is 0 Å². The number of benzene rings is 1. The molecule has 5 N–H and O–H groups in total. The maximum atomic E-state index is 11.7. The molecule has 8 nitrogen and oxygen atoms in total. The minimum absolute atomic E-state index is 0.0237. The van der Waals surface area contributed by atoms with Crippen molar-refractivity contribution in [3.05, 3.63) is 35.9 Å². The average Bonchev–Trinajstić information content (AvgIpc) is 2.54. The van der Waals surface area contributed by atoms with E-state index in [0.29, 0.717) is 5.56 Å². The zero-order valence-electron chi connectivity index (χ0n) is 12.0. The number of ether oxygens (including phenoxy) is 2. The van der Waals surface area contributed by atoms with Crippen LogP contribution in [0, 0.1) is 0 Å². The predicted molar refractivity (Wildman–Crippen MR) is 77.0 cm³/mol. The van der Waals surface area contributed by atoms with Gasteiger partial charge in [0, 0.05) is 11.6 Å². The summed E-state index contributed by atoms with van der Waals surface area (Å²) in [4.78, 5) is 11.7. The van der Waals surface area contributed by atoms with Gasteiger partial charge in [0.05, 0.1) is 6.61 Å². The smallest absolute Gasteiger partial charge is 0.333 e. The SMILES string of the molecule is O=C(/C=C/c1ccccc1O)OC1OC(CO)C(O)C(O)C1O. The molecule has 0 spiro atoms. The molecule has 2 rings (SSSR count). The van der Waals surface area contributed by atoms with Gasteiger partial charge in [-0.05, 0) is 12.1 Å². The highest BCUT2D eigenvalue weighted by Crippen LogP contribution is 2.22. The third-order valence-electron chi connectivity index (χ3n) is 3.42. The molecule has 23 heavy (non-hydrogen) atoms. The Bertz CT molecular complexity index is 570. The number of aliphatic hydroxyl groups excluding tert-OH is 4. The maximum absolute atomic E-state index is 11.7. The highest BCUT2D eigenvalue weighted by atomic mass is 16.7. The van der Waals surface area contributed by atoms with Crippen LogP contribution < -0.4 is 0 Å². The van der Waals surface area contributed by atoms with Crippen molar-refractivity contribution >= 4 is 12.0 Å². The molecule has 0 saturated carbocycles. The quantitative estimate of drug-likeness (QED) is 0.342. The largest absolute Gasteiger partial charge is 0.507 e. The van der Waals surface area contributed by atoms with Gasteiger partial charge in [0.15, 0.2) is 0 Å². The van der Waals surface area contributed by atoms with Gasteiger partial charge < -0.3 is 35.0 Å². The van der Waals surface area contributed by atoms with Crippen LogP contribution in [-0.4, -0.2) is 68.8 Å². The summed E-state index contributed by atoms with van der Waals surface area (Å²) < 4.78 is 9.89.